The van der Waals surface area contributed by atoms with Gasteiger partial charge in [0.2, 0.25) is 12.4 Å². The molecular formula is C87H81ClO32. The first kappa shape index (κ1) is 88.7. The molecule has 4 aliphatic rings. The zero-order chi connectivity index (χ0) is 85.2. The highest BCUT2D eigenvalue weighted by Crippen LogP contribution is 2.38. The van der Waals surface area contributed by atoms with Crippen LogP contribution in [0.2, 0.25) is 0 Å². The smallest absolute Gasteiger partial charge is 0.356 e. The largest absolute Gasteiger partial charge is 0.459 e. The van der Waals surface area contributed by atoms with Crippen LogP contribution < -0.4 is 0 Å². The summed E-state index contributed by atoms with van der Waals surface area (Å²) in [5, 5.41) is 76.5. The van der Waals surface area contributed by atoms with E-state index in [1.54, 1.807) is 170 Å². The third-order valence-electron chi connectivity index (χ3n) is 18.8. The van der Waals surface area contributed by atoms with Gasteiger partial charge in [0.15, 0.2) is 43.3 Å². The van der Waals surface area contributed by atoms with Crippen molar-refractivity contribution in [2.45, 2.75) is 123 Å². The molecule has 0 radical (unpaired) electrons. The number of benzene rings is 9. The van der Waals surface area contributed by atoms with E-state index >= 15 is 0 Å². The lowest BCUT2D eigenvalue weighted by molar-refractivity contribution is -0.355. The number of hydrogen-bond donors (Lipinski definition) is 8. The predicted octanol–water partition coefficient (Wildman–Crippen LogP) is 6.12. The van der Waals surface area contributed by atoms with Crippen molar-refractivity contribution < 1.29 is 155 Å². The Morgan fingerprint density at radius 3 is 0.875 bits per heavy atom. The van der Waals surface area contributed by atoms with Crippen LogP contribution in [0.15, 0.2) is 273 Å². The van der Waals surface area contributed by atoms with Gasteiger partial charge >= 0.3 is 53.7 Å². The third kappa shape index (κ3) is 23.3. The summed E-state index contributed by atoms with van der Waals surface area (Å²) in [6.45, 7) is -2.93. The summed E-state index contributed by atoms with van der Waals surface area (Å²) in [6.07, 6.45) is -35.0. The average molecular weight is 1670 g/mol. The van der Waals surface area contributed by atoms with E-state index in [0.29, 0.717) is 5.56 Å². The SMILES string of the molecule is O=C(OCC1O[C@@H](OC(=O)c2ccccc2)C(OC(=O)c2ccccc2)C(OC(=O)c2ccccc2)[C@@H]1O[C@@H]1OC(COC(=O)c2ccccc2)[C@H](OC(=O)c2ccccc2)[C@@H](OC(=O)c2ccccc2)C1OC(=O)c1ccccc1)c1ccccc1.O=C(OCl)c1ccccc1.OCC1O[C@@H](O)C(O)C(O)[C@@H]1O[C@@H]1OC(CO)[C@H](O)[C@H](O)C1O. The van der Waals surface area contributed by atoms with Crippen molar-refractivity contribution in [1.82, 2.24) is 0 Å². The Morgan fingerprint density at radius 2 is 0.525 bits per heavy atom. The molecule has 0 bridgehead atoms. The second kappa shape index (κ2) is 43.6. The second-order valence-corrected chi connectivity index (χ2v) is 27.0. The number of rotatable bonds is 25. The van der Waals surface area contributed by atoms with Gasteiger partial charge in [-0.15, -0.1) is 0 Å². The first-order chi connectivity index (χ1) is 58.1. The number of halogens is 1. The maximum absolute atomic E-state index is 14.7. The number of aliphatic hydroxyl groups excluding tert-OH is 8. The zero-order valence-corrected chi connectivity index (χ0v) is 63.9. The lowest BCUT2D eigenvalue weighted by Gasteiger charge is -2.48. The molecule has 0 aliphatic carbocycles. The molecule has 33 heteroatoms. The highest BCUT2D eigenvalue weighted by Gasteiger charge is 2.60. The molecule has 8 N–H and O–H groups in total. The van der Waals surface area contributed by atoms with Crippen LogP contribution in [0.4, 0.5) is 0 Å². The van der Waals surface area contributed by atoms with Crippen molar-refractivity contribution in [1.29, 1.82) is 0 Å². The Kier molecular flexibility index (Phi) is 32.2. The van der Waals surface area contributed by atoms with Crippen LogP contribution in [0.25, 0.3) is 0 Å². The highest BCUT2D eigenvalue weighted by atomic mass is 35.5. The van der Waals surface area contributed by atoms with Crippen molar-refractivity contribution in [3.8, 4) is 0 Å². The summed E-state index contributed by atoms with van der Waals surface area (Å²) in [5.41, 5.74) is 0.624. The van der Waals surface area contributed by atoms with E-state index in [-0.39, 0.29) is 44.5 Å². The lowest BCUT2D eigenvalue weighted by atomic mass is 9.95. The maximum atomic E-state index is 14.7. The van der Waals surface area contributed by atoms with Crippen molar-refractivity contribution in [3.05, 3.63) is 323 Å². The van der Waals surface area contributed by atoms with E-state index in [9.17, 15) is 78.9 Å². The van der Waals surface area contributed by atoms with Crippen molar-refractivity contribution in [2.75, 3.05) is 26.4 Å². The first-order valence-corrected chi connectivity index (χ1v) is 37.6. The summed E-state index contributed by atoms with van der Waals surface area (Å²) >= 11 is 4.84. The van der Waals surface area contributed by atoms with Gasteiger partial charge in [-0.25, -0.2) is 43.2 Å². The molecule has 9 aromatic carbocycles. The molecule has 0 saturated carbocycles. The van der Waals surface area contributed by atoms with E-state index < -0.39 is 203 Å². The Balaban J connectivity index is 0.000000352. The molecule has 20 atom stereocenters. The lowest BCUT2D eigenvalue weighted by Crippen LogP contribution is -2.67. The van der Waals surface area contributed by atoms with Crippen LogP contribution in [-0.2, 0) is 70.6 Å². The fourth-order valence-corrected chi connectivity index (χ4v) is 12.7. The van der Waals surface area contributed by atoms with Gasteiger partial charge < -0.3 is 111 Å². The number of ether oxygens (including phenoxy) is 14. The number of aliphatic hydroxyl groups is 8. The standard InChI is InChI=1S/C68H54O19.C12H22O11.C7H5ClO2/c69-59(43-25-9-1-10-26-43)77-41-51-53(81-61(71)45-29-13-3-14-30-45)55(82-62(72)46-31-15-4-16-32-46)57(84-64(74)48-35-19-6-20-36-48)67(79-51)86-54-52(42-78-60(70)44-27-11-2-12-28-44)80-68(87-66(76)50-39-23-8-24-40-50)58(85-65(75)49-37-21-7-22-38-49)56(54)83-63(73)47-33-17-5-18-34-47;13-1-3-5(15)6(16)9(19)12(22-3)23-10-4(2-14)21-11(20)8(18)7(10)17;8-10-7(9)6-4-2-1-3-5-6/h1-40,51-58,67-68H,41-42H2;3-20H,1-2H2;1-5H/t51?,52?,53-,54+,55+,56?,57?,58?,67-,68-;3?,4?,5-,6-,7?,8?,9?,10+,11+,12-;/m00./s1. The van der Waals surface area contributed by atoms with E-state index in [0.717, 1.165) is 0 Å². The summed E-state index contributed by atoms with van der Waals surface area (Å²) < 4.78 is 89.0. The van der Waals surface area contributed by atoms with Crippen LogP contribution >= 0.6 is 11.9 Å². The van der Waals surface area contributed by atoms with Gasteiger partial charge in [-0.3, -0.25) is 0 Å². The Hall–Kier alpha value is -12.1. The monoisotopic (exact) mass is 1670 g/mol. The molecule has 32 nitrogen and oxygen atoms in total. The fraction of sp³-hybridized carbons (Fsp3) is 0.276. The van der Waals surface area contributed by atoms with E-state index in [2.05, 4.69) is 4.29 Å². The average Bonchev–Trinajstić information content (AvgIpc) is 0.762. The summed E-state index contributed by atoms with van der Waals surface area (Å²) in [4.78, 5) is 125. The van der Waals surface area contributed by atoms with Crippen LogP contribution in [0.5, 0.6) is 0 Å². The quantitative estimate of drug-likeness (QED) is 0.0236. The van der Waals surface area contributed by atoms with Crippen molar-refractivity contribution in [3.63, 3.8) is 0 Å². The number of esters is 8. The van der Waals surface area contributed by atoms with Crippen molar-refractivity contribution >= 4 is 65.6 Å². The van der Waals surface area contributed by atoms with Gasteiger partial charge in [0, 0.05) is 0 Å². The molecule has 628 valence electrons. The number of carbonyl (C=O) groups excluding carboxylic acids is 9. The van der Waals surface area contributed by atoms with E-state index in [4.69, 9.17) is 83.3 Å². The van der Waals surface area contributed by atoms with Crippen molar-refractivity contribution in [2.24, 2.45) is 0 Å². The predicted molar refractivity (Wildman–Crippen MR) is 412 cm³/mol. The molecule has 0 spiro atoms. The van der Waals surface area contributed by atoms with Gasteiger partial charge in [0.1, 0.15) is 92.2 Å². The van der Waals surface area contributed by atoms with Crippen LogP contribution in [-0.4, -0.2) is 244 Å². The molecule has 13 rings (SSSR count). The fourth-order valence-electron chi connectivity index (χ4n) is 12.6. The molecule has 120 heavy (non-hydrogen) atoms. The van der Waals surface area contributed by atoms with E-state index in [1.807, 2.05) is 6.07 Å². The molecule has 0 aromatic heterocycles. The molecule has 9 aromatic rings. The molecule has 4 fully saturated rings. The molecule has 10 unspecified atom stereocenters. The van der Waals surface area contributed by atoms with Crippen LogP contribution in [0, 0.1) is 0 Å². The van der Waals surface area contributed by atoms with Crippen LogP contribution in [0.1, 0.15) is 93.2 Å². The van der Waals surface area contributed by atoms with Gasteiger partial charge in [-0.05, 0) is 109 Å². The first-order valence-electron chi connectivity index (χ1n) is 37.2. The number of hydrogen-bond acceptors (Lipinski definition) is 32. The molecule has 0 amide bonds. The minimum Gasteiger partial charge on any atom is -0.459 e. The Bertz CT molecular complexity index is 4780. The third-order valence-corrected chi connectivity index (χ3v) is 18.9. The topological polar surface area (TPSA) is 454 Å². The molecule has 4 saturated heterocycles. The van der Waals surface area contributed by atoms with Gasteiger partial charge in [-0.1, -0.05) is 164 Å². The number of carbonyl (C=O) groups is 9. The minimum absolute atomic E-state index is 0.00860. The minimum atomic E-state index is -2.13. The highest BCUT2D eigenvalue weighted by molar-refractivity contribution is 6.15. The van der Waals surface area contributed by atoms with Gasteiger partial charge in [-0.2, -0.15) is 0 Å². The van der Waals surface area contributed by atoms with Crippen LogP contribution in [0.3, 0.4) is 0 Å². The maximum Gasteiger partial charge on any atom is 0.356 e. The summed E-state index contributed by atoms with van der Waals surface area (Å²) in [7, 11) is 0. The Morgan fingerprint density at radius 1 is 0.250 bits per heavy atom. The van der Waals surface area contributed by atoms with Gasteiger partial charge in [0.25, 0.3) is 0 Å². The zero-order valence-electron chi connectivity index (χ0n) is 63.1. The normalized spacial score (nSPS) is 26.1. The molecule has 4 aliphatic heterocycles. The summed E-state index contributed by atoms with van der Waals surface area (Å²) in [5.74, 6) is -8.41. The molecular weight excluding hydrogens is 1590 g/mol. The van der Waals surface area contributed by atoms with E-state index in [1.165, 1.54) is 97.1 Å². The second-order valence-electron chi connectivity index (χ2n) is 26.8. The summed E-state index contributed by atoms with van der Waals surface area (Å²) in [6, 6.07) is 70.2. The Labute approximate surface area is 689 Å². The molecule has 4 heterocycles. The van der Waals surface area contributed by atoms with Gasteiger partial charge in [0.05, 0.1) is 63.3 Å².